The monoisotopic (exact) mass is 238 g/mol. The second-order valence-electron chi connectivity index (χ2n) is 6.21. The second-order valence-corrected chi connectivity index (χ2v) is 6.21. The van der Waals surface area contributed by atoms with Gasteiger partial charge in [-0.05, 0) is 43.9 Å². The van der Waals surface area contributed by atoms with Gasteiger partial charge in [0.15, 0.2) is 0 Å². The van der Waals surface area contributed by atoms with E-state index in [1.807, 2.05) is 0 Å². The molecular weight excluding hydrogens is 212 g/mol. The smallest absolute Gasteiger partial charge is 0.220 e. The van der Waals surface area contributed by atoms with Gasteiger partial charge in [0.25, 0.3) is 0 Å². The molecule has 0 aromatic carbocycles. The van der Waals surface area contributed by atoms with Gasteiger partial charge < -0.3 is 10.6 Å². The van der Waals surface area contributed by atoms with Crippen molar-refractivity contribution in [2.45, 2.75) is 64.5 Å². The van der Waals surface area contributed by atoms with Crippen molar-refractivity contribution in [1.29, 1.82) is 0 Å². The van der Waals surface area contributed by atoms with Crippen LogP contribution < -0.4 is 10.6 Å². The zero-order valence-electron chi connectivity index (χ0n) is 11.2. The standard InChI is InChI=1S/C14H26N2O/c1-10(2)5-6-15-14(17)9-11-7-12-3-4-13(8-11)16-12/h10-13,16H,3-9H2,1-2H3,(H,15,17). The summed E-state index contributed by atoms with van der Waals surface area (Å²) in [6.45, 7) is 5.22. The lowest BCUT2D eigenvalue weighted by atomic mass is 9.89. The van der Waals surface area contributed by atoms with Gasteiger partial charge in [-0.25, -0.2) is 0 Å². The molecule has 2 atom stereocenters. The zero-order valence-corrected chi connectivity index (χ0v) is 11.2. The van der Waals surface area contributed by atoms with Gasteiger partial charge >= 0.3 is 0 Å². The van der Waals surface area contributed by atoms with Crippen molar-refractivity contribution >= 4 is 5.91 Å². The highest BCUT2D eigenvalue weighted by molar-refractivity contribution is 5.76. The number of rotatable bonds is 5. The van der Waals surface area contributed by atoms with Gasteiger partial charge in [-0.1, -0.05) is 13.8 Å². The molecule has 2 bridgehead atoms. The molecule has 3 nitrogen and oxygen atoms in total. The number of hydrogen-bond acceptors (Lipinski definition) is 2. The summed E-state index contributed by atoms with van der Waals surface area (Å²) in [7, 11) is 0. The van der Waals surface area contributed by atoms with E-state index in [1.165, 1.54) is 25.7 Å². The molecule has 98 valence electrons. The van der Waals surface area contributed by atoms with E-state index in [0.717, 1.165) is 19.4 Å². The average Bonchev–Trinajstić information content (AvgIpc) is 2.57. The summed E-state index contributed by atoms with van der Waals surface area (Å²) in [6.07, 6.45) is 6.87. The Morgan fingerprint density at radius 2 is 1.94 bits per heavy atom. The van der Waals surface area contributed by atoms with Crippen LogP contribution in [0.3, 0.4) is 0 Å². The molecule has 1 amide bonds. The summed E-state index contributed by atoms with van der Waals surface area (Å²) in [5.74, 6) is 1.55. The fourth-order valence-electron chi connectivity index (χ4n) is 3.18. The first kappa shape index (κ1) is 12.9. The number of carbonyl (C=O) groups excluding carboxylic acids is 1. The average molecular weight is 238 g/mol. The Morgan fingerprint density at radius 3 is 2.53 bits per heavy atom. The highest BCUT2D eigenvalue weighted by Crippen LogP contribution is 2.32. The molecule has 2 rings (SSSR count). The number of carbonyl (C=O) groups is 1. The Kier molecular flexibility index (Phi) is 4.43. The predicted octanol–water partition coefficient (Wildman–Crippen LogP) is 2.07. The van der Waals surface area contributed by atoms with Gasteiger partial charge in [0.05, 0.1) is 0 Å². The molecule has 2 heterocycles. The minimum absolute atomic E-state index is 0.261. The van der Waals surface area contributed by atoms with Crippen molar-refractivity contribution in [3.05, 3.63) is 0 Å². The minimum Gasteiger partial charge on any atom is -0.356 e. The highest BCUT2D eigenvalue weighted by Gasteiger charge is 2.33. The molecule has 0 saturated carbocycles. The van der Waals surface area contributed by atoms with Crippen LogP contribution >= 0.6 is 0 Å². The third-order valence-electron chi connectivity index (χ3n) is 4.09. The number of hydrogen-bond donors (Lipinski definition) is 2. The molecule has 0 aromatic rings. The number of piperidine rings is 1. The Morgan fingerprint density at radius 1 is 1.29 bits per heavy atom. The molecule has 0 aromatic heterocycles. The first-order valence-corrected chi connectivity index (χ1v) is 7.16. The van der Waals surface area contributed by atoms with E-state index < -0.39 is 0 Å². The molecule has 2 saturated heterocycles. The lowest BCUT2D eigenvalue weighted by Gasteiger charge is -2.28. The minimum atomic E-state index is 0.261. The first-order chi connectivity index (χ1) is 8.13. The van der Waals surface area contributed by atoms with Crippen LogP contribution in [0.4, 0.5) is 0 Å². The molecule has 17 heavy (non-hydrogen) atoms. The summed E-state index contributed by atoms with van der Waals surface area (Å²) < 4.78 is 0. The Labute approximate surface area is 105 Å². The summed E-state index contributed by atoms with van der Waals surface area (Å²) in [4.78, 5) is 11.8. The van der Waals surface area contributed by atoms with Gasteiger partial charge in [-0.15, -0.1) is 0 Å². The van der Waals surface area contributed by atoms with Crippen molar-refractivity contribution in [2.24, 2.45) is 11.8 Å². The van der Waals surface area contributed by atoms with Crippen LogP contribution in [0.2, 0.25) is 0 Å². The third-order valence-corrected chi connectivity index (χ3v) is 4.09. The first-order valence-electron chi connectivity index (χ1n) is 7.16. The summed E-state index contributed by atoms with van der Waals surface area (Å²) in [5, 5.41) is 6.67. The molecule has 2 fully saturated rings. The van der Waals surface area contributed by atoms with Crippen LogP contribution in [0.1, 0.15) is 52.4 Å². The van der Waals surface area contributed by atoms with Crippen molar-refractivity contribution in [3.63, 3.8) is 0 Å². The van der Waals surface area contributed by atoms with Crippen LogP contribution in [0, 0.1) is 11.8 Å². The molecule has 3 heteroatoms. The Bertz CT molecular complexity index is 253. The second kappa shape index (κ2) is 5.85. The SMILES string of the molecule is CC(C)CCNC(=O)CC1CC2CCC(C1)N2. The zero-order chi connectivity index (χ0) is 12.3. The third kappa shape index (κ3) is 3.98. The van der Waals surface area contributed by atoms with Crippen molar-refractivity contribution < 1.29 is 4.79 Å². The predicted molar refractivity (Wildman–Crippen MR) is 69.8 cm³/mol. The summed E-state index contributed by atoms with van der Waals surface area (Å²) in [5.41, 5.74) is 0. The number of nitrogens with one attached hydrogen (secondary N) is 2. The maximum atomic E-state index is 11.8. The van der Waals surface area contributed by atoms with Crippen LogP contribution in [0.5, 0.6) is 0 Å². The van der Waals surface area contributed by atoms with Crippen LogP contribution in [-0.4, -0.2) is 24.5 Å². The van der Waals surface area contributed by atoms with Crippen molar-refractivity contribution in [1.82, 2.24) is 10.6 Å². The van der Waals surface area contributed by atoms with Crippen LogP contribution in [-0.2, 0) is 4.79 Å². The van der Waals surface area contributed by atoms with Crippen LogP contribution in [0.25, 0.3) is 0 Å². The van der Waals surface area contributed by atoms with Gasteiger partial charge in [0.1, 0.15) is 0 Å². The molecule has 0 aliphatic carbocycles. The van der Waals surface area contributed by atoms with Gasteiger partial charge in [0, 0.05) is 25.0 Å². The van der Waals surface area contributed by atoms with Crippen LogP contribution in [0.15, 0.2) is 0 Å². The molecule has 0 spiro atoms. The van der Waals surface area contributed by atoms with E-state index in [0.29, 0.717) is 23.9 Å². The summed E-state index contributed by atoms with van der Waals surface area (Å²) >= 11 is 0. The normalized spacial score (nSPS) is 31.8. The molecular formula is C14H26N2O. The van der Waals surface area contributed by atoms with E-state index >= 15 is 0 Å². The molecule has 0 radical (unpaired) electrons. The van der Waals surface area contributed by atoms with E-state index in [9.17, 15) is 4.79 Å². The quantitative estimate of drug-likeness (QED) is 0.770. The molecule has 2 N–H and O–H groups in total. The van der Waals surface area contributed by atoms with Gasteiger partial charge in [0.2, 0.25) is 5.91 Å². The fourth-order valence-corrected chi connectivity index (χ4v) is 3.18. The molecule has 2 unspecified atom stereocenters. The Balaban J connectivity index is 1.65. The number of amides is 1. The lowest BCUT2D eigenvalue weighted by Crippen LogP contribution is -2.39. The summed E-state index contributed by atoms with van der Waals surface area (Å²) in [6, 6.07) is 1.39. The number of fused-ring (bicyclic) bond motifs is 2. The topological polar surface area (TPSA) is 41.1 Å². The van der Waals surface area contributed by atoms with E-state index in [1.54, 1.807) is 0 Å². The lowest BCUT2D eigenvalue weighted by molar-refractivity contribution is -0.122. The van der Waals surface area contributed by atoms with E-state index in [4.69, 9.17) is 0 Å². The largest absolute Gasteiger partial charge is 0.356 e. The fraction of sp³-hybridized carbons (Fsp3) is 0.929. The van der Waals surface area contributed by atoms with E-state index in [-0.39, 0.29) is 5.91 Å². The van der Waals surface area contributed by atoms with Gasteiger partial charge in [-0.2, -0.15) is 0 Å². The van der Waals surface area contributed by atoms with E-state index in [2.05, 4.69) is 24.5 Å². The van der Waals surface area contributed by atoms with Crippen molar-refractivity contribution in [2.75, 3.05) is 6.54 Å². The highest BCUT2D eigenvalue weighted by atomic mass is 16.1. The maximum absolute atomic E-state index is 11.8. The van der Waals surface area contributed by atoms with Crippen molar-refractivity contribution in [3.8, 4) is 0 Å². The maximum Gasteiger partial charge on any atom is 0.220 e. The Hall–Kier alpha value is -0.570. The molecule has 2 aliphatic heterocycles. The van der Waals surface area contributed by atoms with Gasteiger partial charge in [-0.3, -0.25) is 4.79 Å². The molecule has 2 aliphatic rings.